The van der Waals surface area contributed by atoms with E-state index in [1.807, 2.05) is 31.2 Å². The highest BCUT2D eigenvalue weighted by Gasteiger charge is 2.08. The molecule has 1 heterocycles. The Morgan fingerprint density at radius 2 is 2.10 bits per heavy atom. The normalized spacial score (nSPS) is 12.1. The molecule has 0 spiro atoms. The lowest BCUT2D eigenvalue weighted by Crippen LogP contribution is -2.31. The quantitative estimate of drug-likeness (QED) is 0.768. The summed E-state index contributed by atoms with van der Waals surface area (Å²) in [6.07, 6.45) is -0.622. The Morgan fingerprint density at radius 3 is 2.76 bits per heavy atom. The predicted octanol–water partition coefficient (Wildman–Crippen LogP) is 1.52. The molecular weight excluding hydrogens is 272 g/mol. The van der Waals surface area contributed by atoms with Crippen LogP contribution in [0.1, 0.15) is 11.5 Å². The first kappa shape index (κ1) is 15.3. The summed E-state index contributed by atoms with van der Waals surface area (Å²) in [7, 11) is 1.58. The molecule has 114 valence electrons. The minimum absolute atomic E-state index is 0.186. The number of aryl methyl sites for hydroxylation is 1. The average Bonchev–Trinajstić information content (AvgIpc) is 2.91. The van der Waals surface area contributed by atoms with Crippen molar-refractivity contribution < 1.29 is 19.1 Å². The lowest BCUT2D eigenvalue weighted by Gasteiger charge is -2.14. The molecule has 2 N–H and O–H groups in total. The predicted molar refractivity (Wildman–Crippen MR) is 77.4 cm³/mol. The number of aliphatic hydroxyl groups is 1. The van der Waals surface area contributed by atoms with Crippen LogP contribution in [0.4, 0.5) is 0 Å². The highest BCUT2D eigenvalue weighted by atomic mass is 16.5. The molecule has 6 heteroatoms. The summed E-state index contributed by atoms with van der Waals surface area (Å²) in [5, 5.41) is 16.8. The van der Waals surface area contributed by atoms with Crippen molar-refractivity contribution in [3.63, 3.8) is 0 Å². The van der Waals surface area contributed by atoms with Gasteiger partial charge in [-0.3, -0.25) is 0 Å². The Labute approximate surface area is 123 Å². The van der Waals surface area contributed by atoms with Gasteiger partial charge in [-0.25, -0.2) is 0 Å². The average molecular weight is 292 g/mol. The van der Waals surface area contributed by atoms with Crippen LogP contribution < -0.4 is 14.8 Å². The van der Waals surface area contributed by atoms with E-state index in [1.54, 1.807) is 13.2 Å². The molecule has 21 heavy (non-hydrogen) atoms. The molecule has 0 aliphatic rings. The number of ether oxygens (including phenoxy) is 2. The molecule has 0 aliphatic carbocycles. The number of nitrogens with zero attached hydrogens (tertiary/aromatic N) is 1. The first-order chi connectivity index (χ1) is 10.2. The van der Waals surface area contributed by atoms with Crippen molar-refractivity contribution in [1.82, 2.24) is 10.5 Å². The van der Waals surface area contributed by atoms with Gasteiger partial charge >= 0.3 is 0 Å². The van der Waals surface area contributed by atoms with E-state index in [-0.39, 0.29) is 6.61 Å². The van der Waals surface area contributed by atoms with Gasteiger partial charge in [0.05, 0.1) is 12.8 Å². The Hall–Kier alpha value is -2.05. The second-order valence-electron chi connectivity index (χ2n) is 4.68. The molecule has 0 fully saturated rings. The molecule has 0 bridgehead atoms. The van der Waals surface area contributed by atoms with Crippen molar-refractivity contribution in [2.45, 2.75) is 19.6 Å². The number of hydrogen-bond acceptors (Lipinski definition) is 6. The Balaban J connectivity index is 1.71. The monoisotopic (exact) mass is 292 g/mol. The lowest BCUT2D eigenvalue weighted by molar-refractivity contribution is 0.104. The number of rotatable bonds is 8. The highest BCUT2D eigenvalue weighted by Crippen LogP contribution is 2.25. The topological polar surface area (TPSA) is 76.8 Å². The van der Waals surface area contributed by atoms with Crippen LogP contribution in [0, 0.1) is 6.92 Å². The van der Waals surface area contributed by atoms with Crippen LogP contribution in [0.5, 0.6) is 11.5 Å². The van der Waals surface area contributed by atoms with Crippen LogP contribution in [0.25, 0.3) is 0 Å². The molecule has 2 rings (SSSR count). The maximum atomic E-state index is 9.89. The van der Waals surface area contributed by atoms with Gasteiger partial charge in [0.2, 0.25) is 0 Å². The van der Waals surface area contributed by atoms with Gasteiger partial charge in [-0.15, -0.1) is 0 Å². The molecule has 1 unspecified atom stereocenters. The summed E-state index contributed by atoms with van der Waals surface area (Å²) in [6, 6.07) is 9.19. The number of para-hydroxylation sites is 2. The SMILES string of the molecule is COc1ccccc1OCC(O)CNCc1cc(C)on1. The van der Waals surface area contributed by atoms with E-state index in [2.05, 4.69) is 10.5 Å². The molecule has 0 amide bonds. The van der Waals surface area contributed by atoms with Crippen LogP contribution in [-0.4, -0.2) is 36.6 Å². The third-order valence-corrected chi connectivity index (χ3v) is 2.86. The first-order valence-corrected chi connectivity index (χ1v) is 6.76. The maximum absolute atomic E-state index is 9.89. The van der Waals surface area contributed by atoms with E-state index >= 15 is 0 Å². The van der Waals surface area contributed by atoms with Gasteiger partial charge in [-0.2, -0.15) is 0 Å². The van der Waals surface area contributed by atoms with Crippen molar-refractivity contribution in [2.24, 2.45) is 0 Å². The van der Waals surface area contributed by atoms with Gasteiger partial charge < -0.3 is 24.4 Å². The van der Waals surface area contributed by atoms with Crippen molar-refractivity contribution in [1.29, 1.82) is 0 Å². The largest absolute Gasteiger partial charge is 0.493 e. The van der Waals surface area contributed by atoms with Crippen molar-refractivity contribution in [3.05, 3.63) is 41.8 Å². The van der Waals surface area contributed by atoms with Gasteiger partial charge in [-0.1, -0.05) is 17.3 Å². The minimum atomic E-state index is -0.622. The molecule has 0 saturated carbocycles. The summed E-state index contributed by atoms with van der Waals surface area (Å²) >= 11 is 0. The molecular formula is C15H20N2O4. The van der Waals surface area contributed by atoms with E-state index in [9.17, 15) is 5.11 Å². The molecule has 2 aromatic rings. The Morgan fingerprint density at radius 1 is 1.33 bits per heavy atom. The van der Waals surface area contributed by atoms with Gasteiger partial charge in [0, 0.05) is 19.2 Å². The summed E-state index contributed by atoms with van der Waals surface area (Å²) in [5.74, 6) is 2.04. The Bertz CT molecular complexity index is 556. The lowest BCUT2D eigenvalue weighted by atomic mass is 10.3. The summed E-state index contributed by atoms with van der Waals surface area (Å²) in [5.41, 5.74) is 0.811. The summed E-state index contributed by atoms with van der Waals surface area (Å²) < 4.78 is 15.7. The van der Waals surface area contributed by atoms with Crippen LogP contribution in [-0.2, 0) is 6.54 Å². The molecule has 0 aliphatic heterocycles. The zero-order chi connectivity index (χ0) is 15.1. The van der Waals surface area contributed by atoms with Crippen LogP contribution in [0.15, 0.2) is 34.9 Å². The number of methoxy groups -OCH3 is 1. The van der Waals surface area contributed by atoms with Crippen molar-refractivity contribution in [3.8, 4) is 11.5 Å². The molecule has 1 aromatic heterocycles. The molecule has 1 aromatic carbocycles. The van der Waals surface area contributed by atoms with Crippen LogP contribution in [0.2, 0.25) is 0 Å². The number of benzene rings is 1. The second kappa shape index (κ2) is 7.66. The number of nitrogens with one attached hydrogen (secondary N) is 1. The highest BCUT2D eigenvalue weighted by molar-refractivity contribution is 5.39. The van der Waals surface area contributed by atoms with Crippen LogP contribution >= 0.6 is 0 Å². The van der Waals surface area contributed by atoms with Crippen molar-refractivity contribution in [2.75, 3.05) is 20.3 Å². The molecule has 0 saturated heterocycles. The zero-order valence-electron chi connectivity index (χ0n) is 12.2. The van der Waals surface area contributed by atoms with E-state index in [0.29, 0.717) is 24.6 Å². The fourth-order valence-corrected chi connectivity index (χ4v) is 1.85. The van der Waals surface area contributed by atoms with Gasteiger partial charge in [-0.05, 0) is 19.1 Å². The Kier molecular flexibility index (Phi) is 5.59. The fourth-order valence-electron chi connectivity index (χ4n) is 1.85. The first-order valence-electron chi connectivity index (χ1n) is 6.76. The van der Waals surface area contributed by atoms with E-state index < -0.39 is 6.10 Å². The van der Waals surface area contributed by atoms with Gasteiger partial charge in [0.15, 0.2) is 11.5 Å². The smallest absolute Gasteiger partial charge is 0.161 e. The minimum Gasteiger partial charge on any atom is -0.493 e. The zero-order valence-corrected chi connectivity index (χ0v) is 12.2. The number of aromatic nitrogens is 1. The second-order valence-corrected chi connectivity index (χ2v) is 4.68. The maximum Gasteiger partial charge on any atom is 0.161 e. The fraction of sp³-hybridized carbons (Fsp3) is 0.400. The number of hydrogen-bond donors (Lipinski definition) is 2. The van der Waals surface area contributed by atoms with E-state index in [1.165, 1.54) is 0 Å². The standard InChI is InChI=1S/C15H20N2O4/c1-11-7-12(17-21-11)8-16-9-13(18)10-20-15-6-4-3-5-14(15)19-2/h3-7,13,16,18H,8-10H2,1-2H3. The van der Waals surface area contributed by atoms with Crippen molar-refractivity contribution >= 4 is 0 Å². The van der Waals surface area contributed by atoms with E-state index in [4.69, 9.17) is 14.0 Å². The molecule has 1 atom stereocenters. The summed E-state index contributed by atoms with van der Waals surface area (Å²) in [4.78, 5) is 0. The molecule has 0 radical (unpaired) electrons. The summed E-state index contributed by atoms with van der Waals surface area (Å²) in [6.45, 7) is 2.97. The third kappa shape index (κ3) is 4.77. The number of aliphatic hydroxyl groups excluding tert-OH is 1. The molecule has 6 nitrogen and oxygen atoms in total. The third-order valence-electron chi connectivity index (χ3n) is 2.86. The van der Waals surface area contributed by atoms with Gasteiger partial charge in [0.25, 0.3) is 0 Å². The van der Waals surface area contributed by atoms with Crippen LogP contribution in [0.3, 0.4) is 0 Å². The van der Waals surface area contributed by atoms with E-state index in [0.717, 1.165) is 11.5 Å². The van der Waals surface area contributed by atoms with Gasteiger partial charge in [0.1, 0.15) is 18.5 Å².